The summed E-state index contributed by atoms with van der Waals surface area (Å²) in [6.45, 7) is 1.35. The maximum Gasteiger partial charge on any atom is 0.224 e. The highest BCUT2D eigenvalue weighted by Gasteiger charge is 2.06. The number of unbranched alkanes of at least 4 members (excludes halogenated alkanes) is 1. The molecule has 0 saturated heterocycles. The van der Waals surface area contributed by atoms with Crippen LogP contribution in [0.2, 0.25) is 0 Å². The number of nitrogens with two attached hydrogens (primary N) is 1. The summed E-state index contributed by atoms with van der Waals surface area (Å²) in [5, 5.41) is 7.15. The van der Waals surface area contributed by atoms with Crippen molar-refractivity contribution in [1.29, 1.82) is 0 Å². The van der Waals surface area contributed by atoms with Gasteiger partial charge in [0.25, 0.3) is 0 Å². The molecule has 20 heavy (non-hydrogen) atoms. The molecule has 0 saturated carbocycles. The van der Waals surface area contributed by atoms with E-state index >= 15 is 0 Å². The van der Waals surface area contributed by atoms with Crippen molar-refractivity contribution in [3.05, 3.63) is 48.3 Å². The predicted molar refractivity (Wildman–Crippen MR) is 78.6 cm³/mol. The van der Waals surface area contributed by atoms with E-state index in [-0.39, 0.29) is 5.91 Å². The Hall–Kier alpha value is -2.14. The molecule has 0 fully saturated rings. The molecule has 0 atom stereocenters. The second-order valence-corrected chi connectivity index (χ2v) is 4.65. The van der Waals surface area contributed by atoms with Crippen molar-refractivity contribution in [1.82, 2.24) is 15.1 Å². The van der Waals surface area contributed by atoms with Crippen molar-refractivity contribution in [2.24, 2.45) is 5.73 Å². The summed E-state index contributed by atoms with van der Waals surface area (Å²) in [5.74, 6) is 0.0228. The summed E-state index contributed by atoms with van der Waals surface area (Å²) in [5.41, 5.74) is 7.30. The number of amides is 1. The molecule has 0 radical (unpaired) electrons. The highest BCUT2D eigenvalue weighted by molar-refractivity contribution is 5.78. The number of hydrogen-bond acceptors (Lipinski definition) is 3. The summed E-state index contributed by atoms with van der Waals surface area (Å²) in [4.78, 5) is 11.7. The lowest BCUT2D eigenvalue weighted by Gasteiger charge is -2.03. The van der Waals surface area contributed by atoms with Gasteiger partial charge >= 0.3 is 0 Å². The number of carbonyl (C=O) groups excluding carboxylic acids is 1. The van der Waals surface area contributed by atoms with Crippen LogP contribution in [-0.2, 0) is 11.2 Å². The molecule has 0 bridgehead atoms. The first-order valence-corrected chi connectivity index (χ1v) is 6.85. The SMILES string of the molecule is NCCCCNC(=O)Cc1cnn(-c2ccccc2)c1. The number of nitrogens with one attached hydrogen (secondary N) is 1. The molecule has 0 aliphatic rings. The number of benzene rings is 1. The zero-order valence-electron chi connectivity index (χ0n) is 11.5. The lowest BCUT2D eigenvalue weighted by molar-refractivity contribution is -0.120. The smallest absolute Gasteiger partial charge is 0.224 e. The fourth-order valence-corrected chi connectivity index (χ4v) is 1.92. The van der Waals surface area contributed by atoms with E-state index in [4.69, 9.17) is 5.73 Å². The standard InChI is InChI=1S/C15H20N4O/c16-8-4-5-9-17-15(20)10-13-11-18-19(12-13)14-6-2-1-3-7-14/h1-3,6-7,11-12H,4-5,8-10,16H2,(H,17,20). The summed E-state index contributed by atoms with van der Waals surface area (Å²) in [7, 11) is 0. The number of carbonyl (C=O) groups is 1. The van der Waals surface area contributed by atoms with E-state index in [1.54, 1.807) is 10.9 Å². The topological polar surface area (TPSA) is 72.9 Å². The van der Waals surface area contributed by atoms with Gasteiger partial charge in [-0.05, 0) is 37.1 Å². The number of rotatable bonds is 7. The van der Waals surface area contributed by atoms with E-state index < -0.39 is 0 Å². The second kappa shape index (κ2) is 7.45. The van der Waals surface area contributed by atoms with Gasteiger partial charge in [-0.3, -0.25) is 4.79 Å². The summed E-state index contributed by atoms with van der Waals surface area (Å²) in [6, 6.07) is 9.83. The van der Waals surface area contributed by atoms with Crippen LogP contribution in [0, 0.1) is 0 Å². The highest BCUT2D eigenvalue weighted by atomic mass is 16.1. The molecule has 0 unspecified atom stereocenters. The molecular weight excluding hydrogens is 252 g/mol. The third kappa shape index (κ3) is 4.20. The Labute approximate surface area is 118 Å². The first-order valence-electron chi connectivity index (χ1n) is 6.85. The lowest BCUT2D eigenvalue weighted by atomic mass is 10.2. The van der Waals surface area contributed by atoms with Crippen LogP contribution in [0.3, 0.4) is 0 Å². The normalized spacial score (nSPS) is 10.4. The molecule has 3 N–H and O–H groups in total. The molecule has 0 spiro atoms. The summed E-state index contributed by atoms with van der Waals surface area (Å²) in [6.07, 6.45) is 5.83. The second-order valence-electron chi connectivity index (χ2n) is 4.65. The van der Waals surface area contributed by atoms with Crippen molar-refractivity contribution in [2.75, 3.05) is 13.1 Å². The minimum atomic E-state index is 0.0228. The van der Waals surface area contributed by atoms with Gasteiger partial charge in [-0.2, -0.15) is 5.10 Å². The summed E-state index contributed by atoms with van der Waals surface area (Å²) < 4.78 is 1.77. The van der Waals surface area contributed by atoms with Crippen LogP contribution in [0.5, 0.6) is 0 Å². The number of nitrogens with zero attached hydrogens (tertiary/aromatic N) is 2. The molecule has 106 valence electrons. The molecule has 1 aromatic heterocycles. The molecule has 0 aliphatic carbocycles. The average molecular weight is 272 g/mol. The monoisotopic (exact) mass is 272 g/mol. The van der Waals surface area contributed by atoms with Gasteiger partial charge in [0.2, 0.25) is 5.91 Å². The summed E-state index contributed by atoms with van der Waals surface area (Å²) >= 11 is 0. The Morgan fingerprint density at radius 3 is 2.80 bits per heavy atom. The molecule has 2 aromatic rings. The molecule has 1 aromatic carbocycles. The van der Waals surface area contributed by atoms with Gasteiger partial charge in [-0.15, -0.1) is 0 Å². The molecule has 1 heterocycles. The first-order chi connectivity index (χ1) is 9.79. The minimum absolute atomic E-state index is 0.0228. The Balaban J connectivity index is 1.85. The van der Waals surface area contributed by atoms with Gasteiger partial charge in [0, 0.05) is 12.7 Å². The van der Waals surface area contributed by atoms with Gasteiger partial charge in [0.15, 0.2) is 0 Å². The molecule has 2 rings (SSSR count). The van der Waals surface area contributed by atoms with Gasteiger partial charge in [-0.1, -0.05) is 18.2 Å². The molecular formula is C15H20N4O. The Bertz CT molecular complexity index is 536. The zero-order valence-corrected chi connectivity index (χ0v) is 11.5. The van der Waals surface area contributed by atoms with Crippen LogP contribution in [0.25, 0.3) is 5.69 Å². The number of aromatic nitrogens is 2. The average Bonchev–Trinajstić information content (AvgIpc) is 2.93. The van der Waals surface area contributed by atoms with Gasteiger partial charge < -0.3 is 11.1 Å². The molecule has 0 aliphatic heterocycles. The zero-order chi connectivity index (χ0) is 14.2. The minimum Gasteiger partial charge on any atom is -0.356 e. The van der Waals surface area contributed by atoms with Gasteiger partial charge in [0.05, 0.1) is 18.3 Å². The van der Waals surface area contributed by atoms with Crippen LogP contribution in [0.15, 0.2) is 42.7 Å². The fraction of sp³-hybridized carbons (Fsp3) is 0.333. The fourth-order valence-electron chi connectivity index (χ4n) is 1.92. The van der Waals surface area contributed by atoms with E-state index in [1.165, 1.54) is 0 Å². The quantitative estimate of drug-likeness (QED) is 0.745. The predicted octanol–water partition coefficient (Wildman–Crippen LogP) is 1.27. The van der Waals surface area contributed by atoms with E-state index in [1.807, 2.05) is 36.5 Å². The Morgan fingerprint density at radius 1 is 1.25 bits per heavy atom. The Kier molecular flexibility index (Phi) is 5.32. The van der Waals surface area contributed by atoms with Crippen LogP contribution in [0.1, 0.15) is 18.4 Å². The molecule has 1 amide bonds. The maximum atomic E-state index is 11.7. The van der Waals surface area contributed by atoms with E-state index in [9.17, 15) is 4.79 Å². The maximum absolute atomic E-state index is 11.7. The van der Waals surface area contributed by atoms with Crippen LogP contribution >= 0.6 is 0 Å². The van der Waals surface area contributed by atoms with Crippen LogP contribution in [0.4, 0.5) is 0 Å². The van der Waals surface area contributed by atoms with Crippen molar-refractivity contribution in [3.8, 4) is 5.69 Å². The Morgan fingerprint density at radius 2 is 2.05 bits per heavy atom. The van der Waals surface area contributed by atoms with Crippen molar-refractivity contribution < 1.29 is 4.79 Å². The van der Waals surface area contributed by atoms with E-state index in [0.29, 0.717) is 19.5 Å². The number of para-hydroxylation sites is 1. The van der Waals surface area contributed by atoms with Gasteiger partial charge in [-0.25, -0.2) is 4.68 Å². The highest BCUT2D eigenvalue weighted by Crippen LogP contribution is 2.07. The van der Waals surface area contributed by atoms with E-state index in [2.05, 4.69) is 10.4 Å². The van der Waals surface area contributed by atoms with Crippen LogP contribution in [-0.4, -0.2) is 28.8 Å². The largest absolute Gasteiger partial charge is 0.356 e. The molecule has 5 heteroatoms. The van der Waals surface area contributed by atoms with E-state index in [0.717, 1.165) is 24.1 Å². The van der Waals surface area contributed by atoms with Gasteiger partial charge in [0.1, 0.15) is 0 Å². The third-order valence-corrected chi connectivity index (χ3v) is 2.97. The van der Waals surface area contributed by atoms with Crippen molar-refractivity contribution in [3.63, 3.8) is 0 Å². The lowest BCUT2D eigenvalue weighted by Crippen LogP contribution is -2.26. The number of hydrogen-bond donors (Lipinski definition) is 2. The first kappa shape index (κ1) is 14.3. The van der Waals surface area contributed by atoms with Crippen molar-refractivity contribution >= 4 is 5.91 Å². The molecule has 5 nitrogen and oxygen atoms in total. The van der Waals surface area contributed by atoms with Crippen molar-refractivity contribution in [2.45, 2.75) is 19.3 Å². The third-order valence-electron chi connectivity index (χ3n) is 2.97. The van der Waals surface area contributed by atoms with Crippen LogP contribution < -0.4 is 11.1 Å².